The number of hydrogen-bond acceptors (Lipinski definition) is 9. The van der Waals surface area contributed by atoms with Gasteiger partial charge in [0.1, 0.15) is 27.3 Å². The van der Waals surface area contributed by atoms with E-state index in [0.717, 1.165) is 22.2 Å². The van der Waals surface area contributed by atoms with E-state index in [4.69, 9.17) is 16.6 Å². The molecule has 4 aromatic rings. The minimum absolute atomic E-state index is 0.0758. The van der Waals surface area contributed by atoms with Gasteiger partial charge in [0.25, 0.3) is 0 Å². The third kappa shape index (κ3) is 5.10. The lowest BCUT2D eigenvalue weighted by molar-refractivity contribution is 0.339. The maximum Gasteiger partial charge on any atom is 0.166 e. The Labute approximate surface area is 221 Å². The number of aromatic nitrogens is 6. The first-order valence-corrected chi connectivity index (χ1v) is 14.5. The number of pyridine rings is 2. The SMILES string of the molecule is CC(C)c1cnc(N2C[C@H](CS(C)(=O)=O)[C@H]2C)c2cnc(Nc3ccnc(-c4cn(C)nc4Cl)n3)cc12. The molecule has 0 saturated carbocycles. The zero-order valence-corrected chi connectivity index (χ0v) is 22.9. The molecule has 0 aliphatic carbocycles. The van der Waals surface area contributed by atoms with Crippen molar-refractivity contribution < 1.29 is 8.42 Å². The van der Waals surface area contributed by atoms with Gasteiger partial charge in [-0.05, 0) is 35.9 Å². The number of halogens is 1. The Hall–Kier alpha value is -3.31. The van der Waals surface area contributed by atoms with Crippen molar-refractivity contribution in [3.63, 3.8) is 0 Å². The molecule has 0 radical (unpaired) electrons. The van der Waals surface area contributed by atoms with Gasteiger partial charge in [-0.25, -0.2) is 28.4 Å². The molecule has 0 bridgehead atoms. The standard InChI is InChI=1S/C25H29ClN8O2S/c1-14(2)18-9-29-25(34-11-16(15(34)3)13-37(5,35)36)19-10-28-22(8-17(18)19)30-21-6-7-27-24(31-21)20-12-33(4)32-23(20)26/h6-10,12,14-16H,11,13H2,1-5H3,(H,27,28,30,31)/t15-,16-/m1/s1. The summed E-state index contributed by atoms with van der Waals surface area (Å²) in [5, 5.41) is 9.75. The van der Waals surface area contributed by atoms with E-state index in [1.165, 1.54) is 6.26 Å². The third-order valence-electron chi connectivity index (χ3n) is 6.73. The van der Waals surface area contributed by atoms with Crippen molar-refractivity contribution in [3.8, 4) is 11.4 Å². The molecule has 1 aliphatic rings. The minimum Gasteiger partial charge on any atom is -0.353 e. The van der Waals surface area contributed by atoms with E-state index in [0.29, 0.717) is 34.7 Å². The number of rotatable bonds is 7. The molecule has 0 aromatic carbocycles. The van der Waals surface area contributed by atoms with E-state index in [-0.39, 0.29) is 23.6 Å². The van der Waals surface area contributed by atoms with Crippen LogP contribution in [0.15, 0.2) is 36.9 Å². The van der Waals surface area contributed by atoms with Gasteiger partial charge in [-0.3, -0.25) is 4.68 Å². The lowest BCUT2D eigenvalue weighted by Crippen LogP contribution is -2.57. The third-order valence-corrected chi connectivity index (χ3v) is 8.05. The molecule has 0 amide bonds. The molecule has 37 heavy (non-hydrogen) atoms. The average Bonchev–Trinajstić information content (AvgIpc) is 3.18. The van der Waals surface area contributed by atoms with E-state index in [9.17, 15) is 8.42 Å². The largest absolute Gasteiger partial charge is 0.353 e. The van der Waals surface area contributed by atoms with Crippen LogP contribution in [0.3, 0.4) is 0 Å². The molecule has 10 nitrogen and oxygen atoms in total. The summed E-state index contributed by atoms with van der Waals surface area (Å²) in [5.74, 6) is 3.04. The van der Waals surface area contributed by atoms with Crippen LogP contribution in [0.1, 0.15) is 32.3 Å². The van der Waals surface area contributed by atoms with Crippen LogP contribution in [0.2, 0.25) is 5.15 Å². The molecule has 12 heteroatoms. The van der Waals surface area contributed by atoms with E-state index < -0.39 is 9.84 Å². The molecule has 4 aromatic heterocycles. The molecule has 5 heterocycles. The molecular formula is C25H29ClN8O2S. The smallest absolute Gasteiger partial charge is 0.166 e. The fourth-order valence-electron chi connectivity index (χ4n) is 4.75. The summed E-state index contributed by atoms with van der Waals surface area (Å²) in [6, 6.07) is 3.85. The van der Waals surface area contributed by atoms with Gasteiger partial charge < -0.3 is 10.2 Å². The van der Waals surface area contributed by atoms with Crippen molar-refractivity contribution in [1.29, 1.82) is 0 Å². The van der Waals surface area contributed by atoms with E-state index >= 15 is 0 Å². The van der Waals surface area contributed by atoms with Gasteiger partial charge in [-0.2, -0.15) is 5.10 Å². The average molecular weight is 541 g/mol. The predicted molar refractivity (Wildman–Crippen MR) is 146 cm³/mol. The molecule has 5 rings (SSSR count). The molecular weight excluding hydrogens is 512 g/mol. The minimum atomic E-state index is -3.03. The molecule has 1 saturated heterocycles. The monoisotopic (exact) mass is 540 g/mol. The second-order valence-electron chi connectivity index (χ2n) is 9.95. The van der Waals surface area contributed by atoms with Crippen molar-refractivity contribution in [1.82, 2.24) is 29.7 Å². The van der Waals surface area contributed by atoms with Crippen LogP contribution in [0.25, 0.3) is 22.2 Å². The summed E-state index contributed by atoms with van der Waals surface area (Å²) in [6.07, 6.45) is 8.46. The van der Waals surface area contributed by atoms with E-state index in [1.807, 2.05) is 25.4 Å². The van der Waals surface area contributed by atoms with Crippen LogP contribution < -0.4 is 10.2 Å². The van der Waals surface area contributed by atoms with Gasteiger partial charge in [0, 0.05) is 62.0 Å². The van der Waals surface area contributed by atoms with E-state index in [1.54, 1.807) is 30.2 Å². The highest BCUT2D eigenvalue weighted by atomic mass is 35.5. The summed E-state index contributed by atoms with van der Waals surface area (Å²) < 4.78 is 25.2. The number of sulfone groups is 1. The van der Waals surface area contributed by atoms with Crippen molar-refractivity contribution in [2.24, 2.45) is 13.0 Å². The molecule has 0 spiro atoms. The number of anilines is 3. The van der Waals surface area contributed by atoms with Crippen molar-refractivity contribution in [2.75, 3.05) is 28.8 Å². The Bertz CT molecular complexity index is 1590. The second kappa shape index (κ2) is 9.53. The molecule has 2 atom stereocenters. The van der Waals surface area contributed by atoms with Crippen molar-refractivity contribution in [3.05, 3.63) is 47.6 Å². The van der Waals surface area contributed by atoms with E-state index in [2.05, 4.69) is 44.1 Å². The molecule has 1 aliphatic heterocycles. The fraction of sp³-hybridized carbons (Fsp3) is 0.400. The highest BCUT2D eigenvalue weighted by Gasteiger charge is 2.39. The van der Waals surface area contributed by atoms with Crippen LogP contribution in [0, 0.1) is 5.92 Å². The van der Waals surface area contributed by atoms with Crippen LogP contribution in [-0.4, -0.2) is 62.7 Å². The van der Waals surface area contributed by atoms with Gasteiger partial charge >= 0.3 is 0 Å². The summed E-state index contributed by atoms with van der Waals surface area (Å²) in [4.78, 5) is 20.5. The van der Waals surface area contributed by atoms with Gasteiger partial charge in [-0.15, -0.1) is 0 Å². The Morgan fingerprint density at radius 1 is 1.16 bits per heavy atom. The first kappa shape index (κ1) is 25.3. The van der Waals surface area contributed by atoms with Gasteiger partial charge in [0.05, 0.1) is 11.3 Å². The predicted octanol–water partition coefficient (Wildman–Crippen LogP) is 4.21. The number of nitrogens with one attached hydrogen (secondary N) is 1. The van der Waals surface area contributed by atoms with Gasteiger partial charge in [0.15, 0.2) is 11.0 Å². The fourth-order valence-corrected chi connectivity index (χ4v) is 6.16. The topological polar surface area (TPSA) is 119 Å². The number of nitrogens with zero attached hydrogens (tertiary/aromatic N) is 7. The van der Waals surface area contributed by atoms with Crippen LogP contribution in [0.4, 0.5) is 17.5 Å². The first-order chi connectivity index (χ1) is 17.5. The van der Waals surface area contributed by atoms with Gasteiger partial charge in [0.2, 0.25) is 0 Å². The molecule has 0 unspecified atom stereocenters. The zero-order valence-electron chi connectivity index (χ0n) is 21.3. The Kier molecular flexibility index (Phi) is 6.53. The summed E-state index contributed by atoms with van der Waals surface area (Å²) in [5.41, 5.74) is 1.76. The number of hydrogen-bond donors (Lipinski definition) is 1. The molecule has 194 valence electrons. The Morgan fingerprint density at radius 3 is 2.59 bits per heavy atom. The van der Waals surface area contributed by atoms with Crippen LogP contribution in [-0.2, 0) is 16.9 Å². The molecule has 1 fully saturated rings. The highest BCUT2D eigenvalue weighted by Crippen LogP contribution is 2.38. The first-order valence-electron chi connectivity index (χ1n) is 12.0. The lowest BCUT2D eigenvalue weighted by atomic mass is 9.90. The number of fused-ring (bicyclic) bond motifs is 1. The quantitative estimate of drug-likeness (QED) is 0.367. The number of aryl methyl sites for hydroxylation is 1. The normalized spacial score (nSPS) is 17.9. The Morgan fingerprint density at radius 2 is 1.95 bits per heavy atom. The lowest BCUT2D eigenvalue weighted by Gasteiger charge is -2.47. The van der Waals surface area contributed by atoms with Gasteiger partial charge in [-0.1, -0.05) is 25.4 Å². The summed E-state index contributed by atoms with van der Waals surface area (Å²) in [7, 11) is -1.24. The van der Waals surface area contributed by atoms with Crippen molar-refractivity contribution in [2.45, 2.75) is 32.7 Å². The maximum atomic E-state index is 11.8. The summed E-state index contributed by atoms with van der Waals surface area (Å²) in [6.45, 7) is 6.96. The highest BCUT2D eigenvalue weighted by molar-refractivity contribution is 7.90. The zero-order chi connectivity index (χ0) is 26.5. The Balaban J connectivity index is 1.47. The second-order valence-corrected chi connectivity index (χ2v) is 12.5. The van der Waals surface area contributed by atoms with Crippen LogP contribution >= 0.6 is 11.6 Å². The maximum absolute atomic E-state index is 11.8. The summed E-state index contributed by atoms with van der Waals surface area (Å²) >= 11 is 6.23. The molecule has 1 N–H and O–H groups in total. The van der Waals surface area contributed by atoms with Crippen molar-refractivity contribution >= 4 is 49.7 Å². The van der Waals surface area contributed by atoms with Crippen LogP contribution in [0.5, 0.6) is 0 Å².